The summed E-state index contributed by atoms with van der Waals surface area (Å²) in [4.78, 5) is 27.2. The summed E-state index contributed by atoms with van der Waals surface area (Å²) in [5.74, 6) is 1.89. The molecule has 2 aromatic heterocycles. The second kappa shape index (κ2) is 7.50. The molecular formula is C17H24N6O2. The van der Waals surface area contributed by atoms with E-state index in [0.717, 1.165) is 37.6 Å². The Balaban J connectivity index is 1.73. The lowest BCUT2D eigenvalue weighted by Gasteiger charge is -2.38. The molecule has 8 nitrogen and oxygen atoms in total. The Kier molecular flexibility index (Phi) is 5.16. The van der Waals surface area contributed by atoms with Crippen LogP contribution in [0.3, 0.4) is 0 Å². The number of amides is 2. The van der Waals surface area contributed by atoms with Crippen molar-refractivity contribution in [1.29, 1.82) is 0 Å². The molecule has 2 aromatic rings. The SMILES string of the molecule is CCN(CC)C(=O)N1CCN(c2ncccc2-c2nc(C)no2)CC1. The highest BCUT2D eigenvalue weighted by atomic mass is 16.5. The van der Waals surface area contributed by atoms with Crippen molar-refractivity contribution < 1.29 is 9.32 Å². The van der Waals surface area contributed by atoms with Crippen LogP contribution < -0.4 is 4.90 Å². The van der Waals surface area contributed by atoms with Crippen LogP contribution in [0, 0.1) is 6.92 Å². The van der Waals surface area contributed by atoms with E-state index in [0.29, 0.717) is 24.8 Å². The smallest absolute Gasteiger partial charge is 0.320 e. The summed E-state index contributed by atoms with van der Waals surface area (Å²) < 4.78 is 5.30. The number of aryl methyl sites for hydroxylation is 1. The molecule has 3 heterocycles. The van der Waals surface area contributed by atoms with Crippen molar-refractivity contribution in [3.05, 3.63) is 24.2 Å². The lowest BCUT2D eigenvalue weighted by molar-refractivity contribution is 0.154. The Labute approximate surface area is 147 Å². The van der Waals surface area contributed by atoms with E-state index in [-0.39, 0.29) is 6.03 Å². The van der Waals surface area contributed by atoms with Gasteiger partial charge in [0.1, 0.15) is 5.82 Å². The first-order valence-electron chi connectivity index (χ1n) is 8.68. The van der Waals surface area contributed by atoms with Gasteiger partial charge in [-0.25, -0.2) is 9.78 Å². The molecule has 1 aliphatic heterocycles. The Morgan fingerprint density at radius 1 is 1.24 bits per heavy atom. The minimum Gasteiger partial charge on any atom is -0.352 e. The first kappa shape index (κ1) is 17.2. The van der Waals surface area contributed by atoms with Crippen molar-refractivity contribution in [2.24, 2.45) is 0 Å². The van der Waals surface area contributed by atoms with Gasteiger partial charge in [-0.15, -0.1) is 0 Å². The lowest BCUT2D eigenvalue weighted by Crippen LogP contribution is -2.53. The van der Waals surface area contributed by atoms with Crippen molar-refractivity contribution in [3.8, 4) is 11.5 Å². The number of carbonyl (C=O) groups is 1. The topological polar surface area (TPSA) is 78.6 Å². The second-order valence-electron chi connectivity index (χ2n) is 5.95. The van der Waals surface area contributed by atoms with E-state index in [2.05, 4.69) is 20.0 Å². The molecule has 134 valence electrons. The van der Waals surface area contributed by atoms with Crippen LogP contribution in [0.15, 0.2) is 22.9 Å². The van der Waals surface area contributed by atoms with E-state index in [4.69, 9.17) is 4.52 Å². The predicted molar refractivity (Wildman–Crippen MR) is 94.4 cm³/mol. The Hall–Kier alpha value is -2.64. The van der Waals surface area contributed by atoms with E-state index in [1.54, 1.807) is 13.1 Å². The number of aromatic nitrogens is 3. The summed E-state index contributed by atoms with van der Waals surface area (Å²) >= 11 is 0. The van der Waals surface area contributed by atoms with Crippen LogP contribution in [0.1, 0.15) is 19.7 Å². The average Bonchev–Trinajstić information content (AvgIpc) is 3.09. The van der Waals surface area contributed by atoms with Gasteiger partial charge in [0, 0.05) is 45.5 Å². The van der Waals surface area contributed by atoms with Crippen LogP contribution >= 0.6 is 0 Å². The molecule has 1 fully saturated rings. The fourth-order valence-corrected chi connectivity index (χ4v) is 3.03. The molecule has 0 saturated carbocycles. The monoisotopic (exact) mass is 344 g/mol. The van der Waals surface area contributed by atoms with Gasteiger partial charge >= 0.3 is 6.03 Å². The molecular weight excluding hydrogens is 320 g/mol. The van der Waals surface area contributed by atoms with Crippen LogP contribution in [0.4, 0.5) is 10.6 Å². The van der Waals surface area contributed by atoms with Gasteiger partial charge in [0.25, 0.3) is 5.89 Å². The first-order chi connectivity index (χ1) is 12.1. The normalized spacial score (nSPS) is 14.7. The zero-order chi connectivity index (χ0) is 17.8. The molecule has 1 aliphatic rings. The summed E-state index contributed by atoms with van der Waals surface area (Å²) in [7, 11) is 0. The third-order valence-corrected chi connectivity index (χ3v) is 4.43. The Bertz CT molecular complexity index is 719. The third kappa shape index (κ3) is 3.57. The fraction of sp³-hybridized carbons (Fsp3) is 0.529. The lowest BCUT2D eigenvalue weighted by atomic mass is 10.2. The van der Waals surface area contributed by atoms with E-state index in [1.807, 2.05) is 35.8 Å². The average molecular weight is 344 g/mol. The van der Waals surface area contributed by atoms with Crippen LogP contribution in [0.5, 0.6) is 0 Å². The zero-order valence-electron chi connectivity index (χ0n) is 15.0. The van der Waals surface area contributed by atoms with Gasteiger partial charge in [-0.2, -0.15) is 4.98 Å². The number of hydrogen-bond acceptors (Lipinski definition) is 6. The van der Waals surface area contributed by atoms with E-state index in [9.17, 15) is 4.79 Å². The maximum atomic E-state index is 12.5. The molecule has 2 amide bonds. The van der Waals surface area contributed by atoms with Gasteiger partial charge in [-0.05, 0) is 32.9 Å². The van der Waals surface area contributed by atoms with Crippen LogP contribution in [0.2, 0.25) is 0 Å². The molecule has 8 heteroatoms. The Morgan fingerprint density at radius 3 is 2.56 bits per heavy atom. The number of urea groups is 1. The standard InChI is InChI=1S/C17H24N6O2/c1-4-21(5-2)17(24)23-11-9-22(10-12-23)15-14(7-6-8-18-15)16-19-13(3)20-25-16/h6-8H,4-5,9-12H2,1-3H3. The number of hydrogen-bond donors (Lipinski definition) is 0. The summed E-state index contributed by atoms with van der Waals surface area (Å²) in [5, 5.41) is 3.86. The first-order valence-corrected chi connectivity index (χ1v) is 8.68. The van der Waals surface area contributed by atoms with E-state index in [1.165, 1.54) is 0 Å². The van der Waals surface area contributed by atoms with Gasteiger partial charge in [-0.3, -0.25) is 0 Å². The van der Waals surface area contributed by atoms with Gasteiger partial charge < -0.3 is 19.2 Å². The summed E-state index contributed by atoms with van der Waals surface area (Å²) in [6, 6.07) is 3.90. The highest BCUT2D eigenvalue weighted by molar-refractivity contribution is 5.75. The minimum atomic E-state index is 0.110. The number of carbonyl (C=O) groups excluding carboxylic acids is 1. The summed E-state index contributed by atoms with van der Waals surface area (Å²) in [6.07, 6.45) is 1.76. The largest absolute Gasteiger partial charge is 0.352 e. The van der Waals surface area contributed by atoms with Crippen molar-refractivity contribution in [1.82, 2.24) is 24.9 Å². The van der Waals surface area contributed by atoms with E-state index < -0.39 is 0 Å². The molecule has 3 rings (SSSR count). The van der Waals surface area contributed by atoms with Crippen molar-refractivity contribution in [2.45, 2.75) is 20.8 Å². The zero-order valence-corrected chi connectivity index (χ0v) is 15.0. The predicted octanol–water partition coefficient (Wildman–Crippen LogP) is 2.02. The number of piperazine rings is 1. The molecule has 0 radical (unpaired) electrons. The maximum absolute atomic E-state index is 12.5. The molecule has 25 heavy (non-hydrogen) atoms. The van der Waals surface area contributed by atoms with E-state index >= 15 is 0 Å². The van der Waals surface area contributed by atoms with Crippen molar-refractivity contribution >= 4 is 11.8 Å². The Morgan fingerprint density at radius 2 is 1.96 bits per heavy atom. The molecule has 0 aliphatic carbocycles. The van der Waals surface area contributed by atoms with Crippen molar-refractivity contribution in [3.63, 3.8) is 0 Å². The number of pyridine rings is 1. The van der Waals surface area contributed by atoms with Crippen LogP contribution in [0.25, 0.3) is 11.5 Å². The molecule has 0 aromatic carbocycles. The highest BCUT2D eigenvalue weighted by Crippen LogP contribution is 2.28. The number of rotatable bonds is 4. The maximum Gasteiger partial charge on any atom is 0.320 e. The summed E-state index contributed by atoms with van der Waals surface area (Å²) in [6.45, 7) is 10.1. The third-order valence-electron chi connectivity index (χ3n) is 4.43. The molecule has 0 atom stereocenters. The van der Waals surface area contributed by atoms with Crippen LogP contribution in [-0.2, 0) is 0 Å². The van der Waals surface area contributed by atoms with Gasteiger partial charge in [0.15, 0.2) is 5.82 Å². The van der Waals surface area contributed by atoms with Gasteiger partial charge in [-0.1, -0.05) is 5.16 Å². The summed E-state index contributed by atoms with van der Waals surface area (Å²) in [5.41, 5.74) is 0.826. The number of anilines is 1. The van der Waals surface area contributed by atoms with Gasteiger partial charge in [0.2, 0.25) is 0 Å². The molecule has 0 N–H and O–H groups in total. The minimum absolute atomic E-state index is 0.110. The van der Waals surface area contributed by atoms with Gasteiger partial charge in [0.05, 0.1) is 5.56 Å². The van der Waals surface area contributed by atoms with Crippen molar-refractivity contribution in [2.75, 3.05) is 44.2 Å². The molecule has 1 saturated heterocycles. The number of nitrogens with zero attached hydrogens (tertiary/aromatic N) is 6. The molecule has 0 bridgehead atoms. The fourth-order valence-electron chi connectivity index (χ4n) is 3.03. The second-order valence-corrected chi connectivity index (χ2v) is 5.95. The van der Waals surface area contributed by atoms with Crippen LogP contribution in [-0.4, -0.2) is 70.2 Å². The highest BCUT2D eigenvalue weighted by Gasteiger charge is 2.26. The quantitative estimate of drug-likeness (QED) is 0.844. The molecule has 0 unspecified atom stereocenters. The molecule has 0 spiro atoms.